The highest BCUT2D eigenvalue weighted by molar-refractivity contribution is 6.33. The number of nitrogens with zero attached hydrogens (tertiary/aromatic N) is 3. The number of primary amides is 1. The lowest BCUT2D eigenvalue weighted by molar-refractivity contribution is -0.384. The summed E-state index contributed by atoms with van der Waals surface area (Å²) in [6.07, 6.45) is 0. The minimum atomic E-state index is -0.537. The number of benzene rings is 2. The minimum Gasteiger partial charge on any atom is -0.369 e. The lowest BCUT2D eigenvalue weighted by Crippen LogP contribution is -2.52. The van der Waals surface area contributed by atoms with E-state index < -0.39 is 16.9 Å². The number of piperazine rings is 1. The predicted molar refractivity (Wildman–Crippen MR) is 115 cm³/mol. The van der Waals surface area contributed by atoms with Crippen LogP contribution in [-0.4, -0.2) is 53.9 Å². The molecule has 1 heterocycles. The predicted octanol–water partition coefficient (Wildman–Crippen LogP) is 2.50. The average molecular weight is 432 g/mol. The molecule has 9 nitrogen and oxygen atoms in total. The molecule has 30 heavy (non-hydrogen) atoms. The van der Waals surface area contributed by atoms with E-state index in [4.69, 9.17) is 17.3 Å². The van der Waals surface area contributed by atoms with Gasteiger partial charge < -0.3 is 16.0 Å². The second-order valence-electron chi connectivity index (χ2n) is 7.02. The van der Waals surface area contributed by atoms with Crippen molar-refractivity contribution in [1.82, 2.24) is 4.90 Å². The van der Waals surface area contributed by atoms with Crippen molar-refractivity contribution in [2.45, 2.75) is 13.0 Å². The molecule has 3 N–H and O–H groups in total. The summed E-state index contributed by atoms with van der Waals surface area (Å²) in [5.41, 5.74) is 6.80. The van der Waals surface area contributed by atoms with Gasteiger partial charge in [-0.3, -0.25) is 24.6 Å². The van der Waals surface area contributed by atoms with Crippen LogP contribution in [-0.2, 0) is 4.79 Å². The number of nitro groups is 1. The number of carbonyl (C=O) groups excluding carboxylic acids is 2. The van der Waals surface area contributed by atoms with Gasteiger partial charge in [0.2, 0.25) is 11.8 Å². The Balaban J connectivity index is 1.59. The number of carbonyl (C=O) groups is 2. The highest BCUT2D eigenvalue weighted by atomic mass is 35.5. The third kappa shape index (κ3) is 4.87. The van der Waals surface area contributed by atoms with Crippen LogP contribution in [0.1, 0.15) is 17.3 Å². The summed E-state index contributed by atoms with van der Waals surface area (Å²) in [4.78, 5) is 38.5. The van der Waals surface area contributed by atoms with E-state index in [0.717, 1.165) is 5.69 Å². The van der Waals surface area contributed by atoms with Crippen molar-refractivity contribution < 1.29 is 14.5 Å². The van der Waals surface area contributed by atoms with Crippen molar-refractivity contribution in [3.63, 3.8) is 0 Å². The molecule has 158 valence electrons. The molecule has 1 fully saturated rings. The van der Waals surface area contributed by atoms with Gasteiger partial charge in [-0.05, 0) is 37.3 Å². The van der Waals surface area contributed by atoms with Gasteiger partial charge in [0.15, 0.2) is 0 Å². The first-order chi connectivity index (χ1) is 14.3. The molecule has 2 aromatic carbocycles. The van der Waals surface area contributed by atoms with Crippen LogP contribution in [0.4, 0.5) is 17.1 Å². The van der Waals surface area contributed by atoms with Crippen molar-refractivity contribution in [2.24, 2.45) is 5.73 Å². The molecule has 1 atom stereocenters. The van der Waals surface area contributed by atoms with E-state index in [9.17, 15) is 19.7 Å². The topological polar surface area (TPSA) is 122 Å². The number of nitro benzene ring substituents is 1. The van der Waals surface area contributed by atoms with Crippen molar-refractivity contribution >= 4 is 40.5 Å². The molecule has 0 aliphatic carbocycles. The van der Waals surface area contributed by atoms with Crippen LogP contribution < -0.4 is 16.0 Å². The monoisotopic (exact) mass is 431 g/mol. The fourth-order valence-corrected chi connectivity index (χ4v) is 3.49. The zero-order chi connectivity index (χ0) is 21.8. The Morgan fingerprint density at radius 1 is 1.13 bits per heavy atom. The van der Waals surface area contributed by atoms with Crippen LogP contribution >= 0.6 is 11.6 Å². The molecule has 3 rings (SSSR count). The molecule has 0 spiro atoms. The summed E-state index contributed by atoms with van der Waals surface area (Å²) >= 11 is 6.07. The molecule has 0 bridgehead atoms. The maximum Gasteiger partial charge on any atom is 0.271 e. The molecule has 1 aliphatic rings. The Hall–Kier alpha value is -3.17. The van der Waals surface area contributed by atoms with Crippen molar-refractivity contribution in [2.75, 3.05) is 36.4 Å². The molecule has 1 saturated heterocycles. The summed E-state index contributed by atoms with van der Waals surface area (Å²) in [7, 11) is 0. The lowest BCUT2D eigenvalue weighted by Gasteiger charge is -2.38. The summed E-state index contributed by atoms with van der Waals surface area (Å²) in [6, 6.07) is 10.6. The van der Waals surface area contributed by atoms with Crippen LogP contribution in [0, 0.1) is 10.1 Å². The summed E-state index contributed by atoms with van der Waals surface area (Å²) in [5, 5.41) is 13.9. The van der Waals surface area contributed by atoms with Gasteiger partial charge in [-0.25, -0.2) is 0 Å². The summed E-state index contributed by atoms with van der Waals surface area (Å²) in [5.74, 6) is -0.744. The zero-order valence-electron chi connectivity index (χ0n) is 16.4. The molecule has 1 aliphatic heterocycles. The molecule has 10 heteroatoms. The van der Waals surface area contributed by atoms with E-state index in [0.29, 0.717) is 31.7 Å². The van der Waals surface area contributed by atoms with Crippen LogP contribution in [0.3, 0.4) is 0 Å². The Labute approximate surface area is 178 Å². The molecule has 0 saturated carbocycles. The van der Waals surface area contributed by atoms with E-state index in [1.807, 2.05) is 17.0 Å². The van der Waals surface area contributed by atoms with Crippen LogP contribution in [0.5, 0.6) is 0 Å². The Bertz CT molecular complexity index is 958. The summed E-state index contributed by atoms with van der Waals surface area (Å²) < 4.78 is 0. The minimum absolute atomic E-state index is 0.140. The normalized spacial score (nSPS) is 15.5. The second-order valence-corrected chi connectivity index (χ2v) is 7.43. The number of anilines is 2. The largest absolute Gasteiger partial charge is 0.369 e. The number of rotatable bonds is 6. The third-order valence-corrected chi connectivity index (χ3v) is 5.51. The number of hydrogen-bond donors (Lipinski definition) is 2. The Morgan fingerprint density at radius 2 is 1.77 bits per heavy atom. The molecule has 2 amide bonds. The first kappa shape index (κ1) is 21.5. The van der Waals surface area contributed by atoms with Gasteiger partial charge in [0.05, 0.1) is 21.7 Å². The highest BCUT2D eigenvalue weighted by Crippen LogP contribution is 2.27. The number of hydrogen-bond acceptors (Lipinski definition) is 6. The fraction of sp³-hybridized carbons (Fsp3) is 0.300. The Morgan fingerprint density at radius 3 is 2.33 bits per heavy atom. The fourth-order valence-electron chi connectivity index (χ4n) is 3.33. The van der Waals surface area contributed by atoms with Gasteiger partial charge in [-0.15, -0.1) is 0 Å². The van der Waals surface area contributed by atoms with E-state index in [1.54, 1.807) is 19.1 Å². The van der Waals surface area contributed by atoms with Crippen molar-refractivity contribution in [3.05, 3.63) is 63.2 Å². The number of nitrogens with two attached hydrogens (primary N) is 1. The first-order valence-electron chi connectivity index (χ1n) is 9.40. The summed E-state index contributed by atoms with van der Waals surface area (Å²) in [6.45, 7) is 4.54. The van der Waals surface area contributed by atoms with Gasteiger partial charge >= 0.3 is 0 Å². The molecule has 0 radical (unpaired) electrons. The van der Waals surface area contributed by atoms with Gasteiger partial charge in [0.1, 0.15) is 0 Å². The van der Waals surface area contributed by atoms with E-state index in [2.05, 4.69) is 10.2 Å². The van der Waals surface area contributed by atoms with E-state index in [1.165, 1.54) is 18.2 Å². The van der Waals surface area contributed by atoms with Gasteiger partial charge in [0.25, 0.3) is 5.69 Å². The standard InChI is InChI=1S/C20H22ClN5O4/c1-13(20(28)23-18-12-16(26(29)30)6-7-17(18)21)24-8-10-25(11-9-24)15-4-2-14(3-5-15)19(22)27/h2-7,12-13H,8-11H2,1H3,(H2,22,27)(H,23,28). The average Bonchev–Trinajstić information content (AvgIpc) is 2.74. The SMILES string of the molecule is CC(C(=O)Nc1cc([N+](=O)[O-])ccc1Cl)N1CCN(c2ccc(C(N)=O)cc2)CC1. The number of amides is 2. The maximum atomic E-state index is 12.7. The van der Waals surface area contributed by atoms with Gasteiger partial charge in [0, 0.05) is 49.6 Å². The van der Waals surface area contributed by atoms with Crippen LogP contribution in [0.25, 0.3) is 0 Å². The maximum absolute atomic E-state index is 12.7. The van der Waals surface area contributed by atoms with Crippen LogP contribution in [0.2, 0.25) is 5.02 Å². The number of halogens is 1. The molecular formula is C20H22ClN5O4. The molecule has 2 aromatic rings. The number of nitrogens with one attached hydrogen (secondary N) is 1. The van der Waals surface area contributed by atoms with Crippen molar-refractivity contribution in [1.29, 1.82) is 0 Å². The van der Waals surface area contributed by atoms with Crippen LogP contribution in [0.15, 0.2) is 42.5 Å². The third-order valence-electron chi connectivity index (χ3n) is 5.18. The quantitative estimate of drug-likeness (QED) is 0.535. The lowest BCUT2D eigenvalue weighted by atomic mass is 10.1. The van der Waals surface area contributed by atoms with E-state index in [-0.39, 0.29) is 22.3 Å². The number of non-ortho nitro benzene ring substituents is 1. The van der Waals surface area contributed by atoms with Gasteiger partial charge in [-0.1, -0.05) is 11.6 Å². The highest BCUT2D eigenvalue weighted by Gasteiger charge is 2.26. The molecule has 0 aromatic heterocycles. The van der Waals surface area contributed by atoms with E-state index >= 15 is 0 Å². The molecular weight excluding hydrogens is 410 g/mol. The Kier molecular flexibility index (Phi) is 6.53. The van der Waals surface area contributed by atoms with Gasteiger partial charge in [-0.2, -0.15) is 0 Å². The smallest absolute Gasteiger partial charge is 0.271 e. The zero-order valence-corrected chi connectivity index (χ0v) is 17.1. The second kappa shape index (κ2) is 9.10. The first-order valence-corrected chi connectivity index (χ1v) is 9.77. The molecule has 1 unspecified atom stereocenters. The van der Waals surface area contributed by atoms with Crippen molar-refractivity contribution in [3.8, 4) is 0 Å².